The van der Waals surface area contributed by atoms with Crippen molar-refractivity contribution in [2.45, 2.75) is 83.8 Å². The third kappa shape index (κ3) is 3.54. The summed E-state index contributed by atoms with van der Waals surface area (Å²) in [7, 11) is 1.79. The van der Waals surface area contributed by atoms with E-state index in [1.807, 2.05) is 6.07 Å². The minimum absolute atomic E-state index is 0.0253. The molecule has 4 aliphatic rings. The van der Waals surface area contributed by atoms with Crippen LogP contribution in [0.2, 0.25) is 0 Å². The van der Waals surface area contributed by atoms with Crippen LogP contribution in [0.25, 0.3) is 0 Å². The van der Waals surface area contributed by atoms with Gasteiger partial charge in [-0.1, -0.05) is 32.0 Å². The number of hydrogen-bond acceptors (Lipinski definition) is 3. The highest BCUT2D eigenvalue weighted by molar-refractivity contribution is 5.82. The molecule has 182 valence electrons. The number of aliphatic hydroxyl groups is 1. The summed E-state index contributed by atoms with van der Waals surface area (Å²) >= 11 is 0. The molecule has 5 rings (SSSR count). The molecule has 4 nitrogen and oxygen atoms in total. The van der Waals surface area contributed by atoms with Gasteiger partial charge >= 0.3 is 0 Å². The number of hydrogen-bond donors (Lipinski definition) is 2. The van der Waals surface area contributed by atoms with Crippen molar-refractivity contribution >= 4 is 5.91 Å². The van der Waals surface area contributed by atoms with Crippen molar-refractivity contribution in [2.75, 3.05) is 7.05 Å². The summed E-state index contributed by atoms with van der Waals surface area (Å²) in [4.78, 5) is 14.0. The van der Waals surface area contributed by atoms with Crippen molar-refractivity contribution in [3.05, 3.63) is 35.6 Å². The van der Waals surface area contributed by atoms with Crippen LogP contribution in [0.1, 0.15) is 64.4 Å². The van der Waals surface area contributed by atoms with Gasteiger partial charge in [0, 0.05) is 31.1 Å². The second-order valence-corrected chi connectivity index (χ2v) is 11.7. The van der Waals surface area contributed by atoms with Crippen LogP contribution in [0.4, 0.5) is 8.78 Å². The fourth-order valence-corrected chi connectivity index (χ4v) is 8.77. The van der Waals surface area contributed by atoms with Gasteiger partial charge in [0.25, 0.3) is 5.91 Å². The Morgan fingerprint density at radius 3 is 2.61 bits per heavy atom. The van der Waals surface area contributed by atoms with E-state index >= 15 is 0 Å². The van der Waals surface area contributed by atoms with Gasteiger partial charge in [-0.15, -0.1) is 0 Å². The topological polar surface area (TPSA) is 52.6 Å². The Hall–Kier alpha value is -1.53. The Morgan fingerprint density at radius 2 is 1.85 bits per heavy atom. The lowest BCUT2D eigenvalue weighted by atomic mass is 9.46. The summed E-state index contributed by atoms with van der Waals surface area (Å²) in [6.07, 6.45) is 4.38. The molecule has 4 fully saturated rings. The van der Waals surface area contributed by atoms with Crippen LogP contribution in [0.3, 0.4) is 0 Å². The van der Waals surface area contributed by atoms with E-state index in [0.29, 0.717) is 36.3 Å². The van der Waals surface area contributed by atoms with E-state index in [2.05, 4.69) is 19.2 Å². The molecule has 3 unspecified atom stereocenters. The zero-order chi connectivity index (χ0) is 23.5. The minimum atomic E-state index is -1.39. The van der Waals surface area contributed by atoms with Gasteiger partial charge in [0.15, 0.2) is 6.17 Å². The van der Waals surface area contributed by atoms with Crippen LogP contribution in [0.5, 0.6) is 0 Å². The number of amides is 1. The number of rotatable bonds is 4. The summed E-state index contributed by atoms with van der Waals surface area (Å²) in [5, 5.41) is 14.3. The van der Waals surface area contributed by atoms with Gasteiger partial charge in [0.05, 0.1) is 0 Å². The molecule has 1 aromatic rings. The fraction of sp³-hybridized carbons (Fsp3) is 0.741. The van der Waals surface area contributed by atoms with Gasteiger partial charge in [0.2, 0.25) is 0 Å². The van der Waals surface area contributed by atoms with Gasteiger partial charge < -0.3 is 10.0 Å². The van der Waals surface area contributed by atoms with Gasteiger partial charge in [-0.2, -0.15) is 0 Å². The second-order valence-electron chi connectivity index (χ2n) is 11.7. The molecule has 33 heavy (non-hydrogen) atoms. The van der Waals surface area contributed by atoms with Crippen molar-refractivity contribution in [1.82, 2.24) is 10.2 Å². The quantitative estimate of drug-likeness (QED) is 0.643. The molecule has 2 N–H and O–H groups in total. The largest absolute Gasteiger partial charge is 0.378 e. The van der Waals surface area contributed by atoms with Crippen molar-refractivity contribution in [2.24, 2.45) is 34.5 Å². The van der Waals surface area contributed by atoms with E-state index in [0.717, 1.165) is 38.5 Å². The Labute approximate surface area is 196 Å². The monoisotopic (exact) mass is 460 g/mol. The van der Waals surface area contributed by atoms with Crippen LogP contribution >= 0.6 is 0 Å². The minimum Gasteiger partial charge on any atom is -0.378 e. The first-order valence-corrected chi connectivity index (χ1v) is 12.7. The molecular formula is C27H38F2N2O2. The van der Waals surface area contributed by atoms with E-state index in [-0.39, 0.29) is 34.5 Å². The lowest BCUT2D eigenvalue weighted by Gasteiger charge is -2.62. The van der Waals surface area contributed by atoms with Crippen molar-refractivity contribution in [3.63, 3.8) is 0 Å². The van der Waals surface area contributed by atoms with Gasteiger partial charge in [-0.25, -0.2) is 8.78 Å². The first kappa shape index (κ1) is 23.2. The number of piperidine rings is 1. The van der Waals surface area contributed by atoms with E-state index in [9.17, 15) is 18.7 Å². The Kier molecular flexibility index (Phi) is 5.84. The number of benzene rings is 1. The Morgan fingerprint density at radius 1 is 1.12 bits per heavy atom. The maximum Gasteiger partial charge on any atom is 0.257 e. The number of fused-ring (bicyclic) bond motifs is 5. The first-order valence-electron chi connectivity index (χ1n) is 12.7. The number of aliphatic hydroxyl groups excluding tert-OH is 1. The summed E-state index contributed by atoms with van der Waals surface area (Å²) < 4.78 is 28.7. The maximum atomic E-state index is 14.7. The second kappa shape index (κ2) is 8.30. The molecule has 1 aliphatic heterocycles. The smallest absolute Gasteiger partial charge is 0.257 e. The molecule has 0 spiro atoms. The Bertz CT molecular complexity index is 912. The first-order chi connectivity index (χ1) is 15.7. The zero-order valence-corrected chi connectivity index (χ0v) is 20.1. The summed E-state index contributed by atoms with van der Waals surface area (Å²) in [6, 6.07) is 6.83. The molecule has 9 atom stereocenters. The number of carbonyl (C=O) groups is 1. The summed E-state index contributed by atoms with van der Waals surface area (Å²) in [6.45, 7) is 4.88. The van der Waals surface area contributed by atoms with E-state index in [1.54, 1.807) is 24.1 Å². The molecule has 6 heteroatoms. The van der Waals surface area contributed by atoms with E-state index < -0.39 is 12.4 Å². The lowest BCUT2D eigenvalue weighted by Crippen LogP contribution is -2.64. The molecule has 0 bridgehead atoms. The van der Waals surface area contributed by atoms with Crippen molar-refractivity contribution in [3.8, 4) is 0 Å². The highest BCUT2D eigenvalue weighted by atomic mass is 19.1. The summed E-state index contributed by atoms with van der Waals surface area (Å²) in [5.74, 6) is 0.977. The standard InChI is InChI=1S/C27H38F2N2O2/c1-26-13-12-19-17(8-11-23-27(19,2)14-22(29)25(33)31(23)3)18(26)9-10-20(26)24(32)30-15-16-6-4-5-7-21(16)28/h4-7,17-20,22-24,30,32H,8-15H2,1-3H3/t17?,18-,19?,20+,22+,23+,24?,26-,27+/m0/s1. The van der Waals surface area contributed by atoms with Crippen LogP contribution in [0.15, 0.2) is 24.3 Å². The molecule has 1 amide bonds. The molecule has 0 radical (unpaired) electrons. The fourth-order valence-electron chi connectivity index (χ4n) is 8.77. The average Bonchev–Trinajstić information content (AvgIpc) is 3.14. The van der Waals surface area contributed by atoms with Crippen molar-refractivity contribution < 1.29 is 18.7 Å². The predicted molar refractivity (Wildman–Crippen MR) is 123 cm³/mol. The van der Waals surface area contributed by atoms with Crippen LogP contribution in [0, 0.1) is 40.3 Å². The normalized spacial score (nSPS) is 43.6. The Balaban J connectivity index is 1.32. The number of alkyl halides is 1. The predicted octanol–water partition coefficient (Wildman–Crippen LogP) is 4.66. The molecule has 0 aromatic heterocycles. The maximum absolute atomic E-state index is 14.7. The number of nitrogens with one attached hydrogen (secondary N) is 1. The number of nitrogens with zero attached hydrogens (tertiary/aromatic N) is 1. The number of halogens is 2. The van der Waals surface area contributed by atoms with Crippen LogP contribution in [-0.2, 0) is 11.3 Å². The van der Waals surface area contributed by atoms with Crippen molar-refractivity contribution in [1.29, 1.82) is 0 Å². The van der Waals surface area contributed by atoms with Crippen LogP contribution < -0.4 is 5.32 Å². The average molecular weight is 461 g/mol. The lowest BCUT2D eigenvalue weighted by molar-refractivity contribution is -0.170. The third-order valence-electron chi connectivity index (χ3n) is 10.4. The highest BCUT2D eigenvalue weighted by Crippen LogP contribution is 2.66. The van der Waals surface area contributed by atoms with Crippen LogP contribution in [-0.4, -0.2) is 41.4 Å². The number of carbonyl (C=O) groups excluding carboxylic acids is 1. The third-order valence-corrected chi connectivity index (χ3v) is 10.4. The van der Waals surface area contributed by atoms with E-state index in [1.165, 1.54) is 6.07 Å². The molecular weight excluding hydrogens is 422 g/mol. The molecule has 3 aliphatic carbocycles. The highest BCUT2D eigenvalue weighted by Gasteiger charge is 2.63. The summed E-state index contributed by atoms with van der Waals surface area (Å²) in [5.41, 5.74) is 0.423. The van der Waals surface area contributed by atoms with Gasteiger partial charge in [0.1, 0.15) is 12.0 Å². The SMILES string of the molecule is CN1C(=O)[C@H](F)C[C@]2(C)C3CC[C@]4(C)[C@@H](C(O)NCc5ccccc5F)CC[C@H]4C3CC[C@@H]12. The number of likely N-dealkylation sites (tertiary alicyclic amines) is 1. The molecule has 1 saturated heterocycles. The van der Waals surface area contributed by atoms with Gasteiger partial charge in [-0.3, -0.25) is 10.1 Å². The molecule has 1 heterocycles. The molecule has 3 saturated carbocycles. The van der Waals surface area contributed by atoms with Gasteiger partial charge in [-0.05, 0) is 79.6 Å². The van der Waals surface area contributed by atoms with E-state index in [4.69, 9.17) is 0 Å². The molecule has 1 aromatic carbocycles. The zero-order valence-electron chi connectivity index (χ0n) is 20.1.